The Morgan fingerprint density at radius 2 is 2.25 bits per heavy atom. The lowest BCUT2D eigenvalue weighted by Gasteiger charge is -2.18. The highest BCUT2D eigenvalue weighted by Gasteiger charge is 2.43. The maximum atomic E-state index is 12.1. The van der Waals surface area contributed by atoms with Crippen LogP contribution in [-0.4, -0.2) is 30.3 Å². The predicted octanol–water partition coefficient (Wildman–Crippen LogP) is 1.46. The fourth-order valence-electron chi connectivity index (χ4n) is 2.48. The molecule has 0 bridgehead atoms. The summed E-state index contributed by atoms with van der Waals surface area (Å²) in [6.45, 7) is 2.12. The van der Waals surface area contributed by atoms with Crippen LogP contribution in [0.1, 0.15) is 18.4 Å². The Labute approximate surface area is 122 Å². The second kappa shape index (κ2) is 5.42. The van der Waals surface area contributed by atoms with Crippen molar-refractivity contribution in [3.05, 3.63) is 34.9 Å². The van der Waals surface area contributed by atoms with Crippen LogP contribution in [0.3, 0.4) is 0 Å². The van der Waals surface area contributed by atoms with Gasteiger partial charge in [-0.3, -0.25) is 4.79 Å². The molecule has 2 N–H and O–H groups in total. The molecule has 0 radical (unpaired) electrons. The van der Waals surface area contributed by atoms with Gasteiger partial charge >= 0.3 is 0 Å². The van der Waals surface area contributed by atoms with Crippen LogP contribution in [0.25, 0.3) is 0 Å². The molecule has 20 heavy (non-hydrogen) atoms. The molecule has 2 heterocycles. The molecule has 1 saturated heterocycles. The van der Waals surface area contributed by atoms with Gasteiger partial charge in [-0.05, 0) is 24.2 Å². The van der Waals surface area contributed by atoms with E-state index in [-0.39, 0.29) is 11.5 Å². The molecule has 2 aliphatic rings. The van der Waals surface area contributed by atoms with E-state index in [1.54, 1.807) is 12.1 Å². The van der Waals surface area contributed by atoms with Crippen molar-refractivity contribution in [2.45, 2.75) is 25.0 Å². The lowest BCUT2D eigenvalue weighted by Crippen LogP contribution is -2.36. The highest BCUT2D eigenvalue weighted by Crippen LogP contribution is 2.29. The van der Waals surface area contributed by atoms with E-state index in [1.165, 1.54) is 0 Å². The van der Waals surface area contributed by atoms with Crippen LogP contribution >= 0.6 is 11.6 Å². The molecule has 6 heteroatoms. The third kappa shape index (κ3) is 2.78. The van der Waals surface area contributed by atoms with Gasteiger partial charge in [0, 0.05) is 31.0 Å². The predicted molar refractivity (Wildman–Crippen MR) is 76.7 cm³/mol. The van der Waals surface area contributed by atoms with Crippen LogP contribution in [0, 0.1) is 0 Å². The minimum atomic E-state index is -0.299. The van der Waals surface area contributed by atoms with Crippen molar-refractivity contribution in [1.29, 1.82) is 0 Å². The van der Waals surface area contributed by atoms with Gasteiger partial charge in [-0.1, -0.05) is 28.9 Å². The Morgan fingerprint density at radius 3 is 2.95 bits per heavy atom. The van der Waals surface area contributed by atoms with Crippen LogP contribution in [0.15, 0.2) is 29.4 Å². The number of halogens is 1. The Bertz CT molecular complexity index is 536. The molecule has 1 fully saturated rings. The van der Waals surface area contributed by atoms with Crippen molar-refractivity contribution in [1.82, 2.24) is 10.6 Å². The van der Waals surface area contributed by atoms with Gasteiger partial charge < -0.3 is 15.5 Å². The zero-order valence-electron chi connectivity index (χ0n) is 11.0. The molecule has 1 atom stereocenters. The van der Waals surface area contributed by atoms with Gasteiger partial charge in [0.15, 0.2) is 5.60 Å². The summed E-state index contributed by atoms with van der Waals surface area (Å²) in [5.74, 6) is -0.163. The number of carbonyl (C=O) groups excluding carboxylic acids is 1. The summed E-state index contributed by atoms with van der Waals surface area (Å²) in [4.78, 5) is 17.5. The molecular weight excluding hydrogens is 278 g/mol. The Kier molecular flexibility index (Phi) is 3.63. The zero-order chi connectivity index (χ0) is 14.0. The monoisotopic (exact) mass is 293 g/mol. The standard InChI is InChI=1S/C14H16ClN3O2/c15-11-3-1-10(2-4-11)8-17-13(19)12-7-14(20-18-12)5-6-16-9-14/h1-4,16H,5-9H2,(H,17,19)/t14-/m0/s1. The largest absolute Gasteiger partial charge is 0.387 e. The molecule has 0 aromatic heterocycles. The maximum absolute atomic E-state index is 12.1. The fourth-order valence-corrected chi connectivity index (χ4v) is 2.61. The van der Waals surface area contributed by atoms with Gasteiger partial charge in [0.25, 0.3) is 5.91 Å². The second-order valence-corrected chi connectivity index (χ2v) is 5.66. The van der Waals surface area contributed by atoms with E-state index >= 15 is 0 Å². The number of nitrogens with zero attached hydrogens (tertiary/aromatic N) is 1. The topological polar surface area (TPSA) is 62.7 Å². The van der Waals surface area contributed by atoms with Gasteiger partial charge in [-0.2, -0.15) is 0 Å². The Morgan fingerprint density at radius 1 is 1.45 bits per heavy atom. The van der Waals surface area contributed by atoms with Crippen molar-refractivity contribution in [3.8, 4) is 0 Å². The smallest absolute Gasteiger partial charge is 0.269 e. The summed E-state index contributed by atoms with van der Waals surface area (Å²) in [6, 6.07) is 7.38. The first-order chi connectivity index (χ1) is 9.67. The molecule has 3 rings (SSSR count). The van der Waals surface area contributed by atoms with E-state index in [2.05, 4.69) is 15.8 Å². The van der Waals surface area contributed by atoms with Crippen molar-refractivity contribution < 1.29 is 9.63 Å². The summed E-state index contributed by atoms with van der Waals surface area (Å²) in [7, 11) is 0. The number of oxime groups is 1. The van der Waals surface area contributed by atoms with Crippen molar-refractivity contribution in [2.75, 3.05) is 13.1 Å². The van der Waals surface area contributed by atoms with Crippen LogP contribution < -0.4 is 10.6 Å². The normalized spacial score (nSPS) is 24.6. The quantitative estimate of drug-likeness (QED) is 0.887. The zero-order valence-corrected chi connectivity index (χ0v) is 11.7. The van der Waals surface area contributed by atoms with E-state index in [4.69, 9.17) is 16.4 Å². The molecule has 0 aliphatic carbocycles. The summed E-state index contributed by atoms with van der Waals surface area (Å²) < 4.78 is 0. The van der Waals surface area contributed by atoms with Crippen LogP contribution in [0.4, 0.5) is 0 Å². The molecule has 1 aromatic carbocycles. The molecular formula is C14H16ClN3O2. The van der Waals surface area contributed by atoms with Gasteiger partial charge in [0.2, 0.25) is 0 Å². The molecule has 1 amide bonds. The molecule has 1 aromatic rings. The number of benzene rings is 1. The van der Waals surface area contributed by atoms with E-state index in [0.717, 1.165) is 25.1 Å². The average molecular weight is 294 g/mol. The number of hydrogen-bond acceptors (Lipinski definition) is 4. The first-order valence-electron chi connectivity index (χ1n) is 6.65. The van der Waals surface area contributed by atoms with Crippen molar-refractivity contribution in [2.24, 2.45) is 5.16 Å². The molecule has 0 unspecified atom stereocenters. The number of carbonyl (C=O) groups is 1. The molecule has 2 aliphatic heterocycles. The molecule has 0 saturated carbocycles. The average Bonchev–Trinajstić information content (AvgIpc) is 3.09. The first-order valence-corrected chi connectivity index (χ1v) is 7.03. The van der Waals surface area contributed by atoms with Crippen molar-refractivity contribution in [3.63, 3.8) is 0 Å². The lowest BCUT2D eigenvalue weighted by molar-refractivity contribution is -0.115. The summed E-state index contributed by atoms with van der Waals surface area (Å²) in [6.07, 6.45) is 1.47. The first kappa shape index (κ1) is 13.4. The highest BCUT2D eigenvalue weighted by molar-refractivity contribution is 6.39. The van der Waals surface area contributed by atoms with Crippen LogP contribution in [0.2, 0.25) is 5.02 Å². The summed E-state index contributed by atoms with van der Waals surface area (Å²) in [5, 5.41) is 10.7. The van der Waals surface area contributed by atoms with Crippen LogP contribution in [0.5, 0.6) is 0 Å². The highest BCUT2D eigenvalue weighted by atomic mass is 35.5. The Hall–Kier alpha value is -1.59. The second-order valence-electron chi connectivity index (χ2n) is 5.22. The number of nitrogens with one attached hydrogen (secondary N) is 2. The summed E-state index contributed by atoms with van der Waals surface area (Å²) in [5.41, 5.74) is 1.18. The van der Waals surface area contributed by atoms with Crippen LogP contribution in [-0.2, 0) is 16.2 Å². The van der Waals surface area contributed by atoms with Gasteiger partial charge in [-0.25, -0.2) is 0 Å². The van der Waals surface area contributed by atoms with Gasteiger partial charge in [-0.15, -0.1) is 0 Å². The molecule has 106 valence electrons. The van der Waals surface area contributed by atoms with Crippen molar-refractivity contribution >= 4 is 23.2 Å². The molecule has 1 spiro atoms. The minimum Gasteiger partial charge on any atom is -0.387 e. The van der Waals surface area contributed by atoms with E-state index < -0.39 is 0 Å². The maximum Gasteiger partial charge on any atom is 0.269 e. The lowest BCUT2D eigenvalue weighted by atomic mass is 9.96. The molecule has 5 nitrogen and oxygen atoms in total. The van der Waals surface area contributed by atoms with E-state index in [0.29, 0.717) is 23.7 Å². The van der Waals surface area contributed by atoms with E-state index in [1.807, 2.05) is 12.1 Å². The summed E-state index contributed by atoms with van der Waals surface area (Å²) >= 11 is 5.82. The third-order valence-corrected chi connectivity index (χ3v) is 3.92. The van der Waals surface area contributed by atoms with E-state index in [9.17, 15) is 4.79 Å². The minimum absolute atomic E-state index is 0.163. The van der Waals surface area contributed by atoms with Gasteiger partial charge in [0.1, 0.15) is 5.71 Å². The van der Waals surface area contributed by atoms with Gasteiger partial charge in [0.05, 0.1) is 0 Å². The third-order valence-electron chi connectivity index (χ3n) is 3.67. The number of rotatable bonds is 3. The number of hydrogen-bond donors (Lipinski definition) is 2. The Balaban J connectivity index is 1.54. The number of amides is 1. The SMILES string of the molecule is O=C(NCc1ccc(Cl)cc1)C1=NO[C@@]2(CCNC2)C1. The fraction of sp³-hybridized carbons (Fsp3) is 0.429.